The number of aliphatic hydroxyl groups is 1. The van der Waals surface area contributed by atoms with Crippen LogP contribution in [-0.4, -0.2) is 36.3 Å². The van der Waals surface area contributed by atoms with Gasteiger partial charge in [-0.15, -0.1) is 0 Å². The predicted molar refractivity (Wildman–Crippen MR) is 90.0 cm³/mol. The Kier molecular flexibility index (Phi) is 6.68. The van der Waals surface area contributed by atoms with Crippen molar-refractivity contribution >= 4 is 40.9 Å². The molecule has 0 saturated heterocycles. The van der Waals surface area contributed by atoms with E-state index in [1.54, 1.807) is 32.9 Å². The third kappa shape index (κ3) is 5.57. The van der Waals surface area contributed by atoms with Gasteiger partial charge in [0.2, 0.25) is 5.91 Å². The highest BCUT2D eigenvalue weighted by Crippen LogP contribution is 2.33. The molecule has 0 aliphatic rings. The Balaban J connectivity index is 2.76. The van der Waals surface area contributed by atoms with Crippen LogP contribution >= 0.6 is 23.2 Å². The van der Waals surface area contributed by atoms with Crippen LogP contribution in [0, 0.1) is 0 Å². The van der Waals surface area contributed by atoms with Crippen LogP contribution in [0.5, 0.6) is 0 Å². The summed E-state index contributed by atoms with van der Waals surface area (Å²) in [5.41, 5.74) is 0.0795. The van der Waals surface area contributed by atoms with Crippen LogP contribution in [0.2, 0.25) is 10.0 Å². The highest BCUT2D eigenvalue weighted by atomic mass is 35.5. The van der Waals surface area contributed by atoms with Crippen LogP contribution in [-0.2, 0) is 16.1 Å². The quantitative estimate of drug-likeness (QED) is 0.862. The van der Waals surface area contributed by atoms with E-state index < -0.39 is 17.6 Å². The number of alkyl carbamates (subject to hydrolysis) is 1. The second-order valence-corrected chi connectivity index (χ2v) is 6.61. The van der Waals surface area contributed by atoms with Gasteiger partial charge in [-0.1, -0.05) is 23.2 Å². The van der Waals surface area contributed by atoms with Crippen LogP contribution in [0.3, 0.4) is 0 Å². The maximum atomic E-state index is 12.2. The fourth-order valence-electron chi connectivity index (χ4n) is 1.70. The van der Waals surface area contributed by atoms with Gasteiger partial charge in [-0.2, -0.15) is 0 Å². The number of nitrogens with zero attached hydrogens (tertiary/aromatic N) is 1. The average Bonchev–Trinajstić information content (AvgIpc) is 2.43. The molecule has 0 spiro atoms. The Bertz CT molecular complexity index is 600. The summed E-state index contributed by atoms with van der Waals surface area (Å²) in [7, 11) is 1.51. The summed E-state index contributed by atoms with van der Waals surface area (Å²) in [6.45, 7) is 4.59. The number of amides is 2. The van der Waals surface area contributed by atoms with Crippen molar-refractivity contribution in [1.82, 2.24) is 5.32 Å². The van der Waals surface area contributed by atoms with Crippen molar-refractivity contribution < 1.29 is 19.4 Å². The predicted octanol–water partition coefficient (Wildman–Crippen LogP) is 2.97. The van der Waals surface area contributed by atoms with E-state index in [-0.39, 0.29) is 18.2 Å². The molecule has 0 heterocycles. The summed E-state index contributed by atoms with van der Waals surface area (Å²) in [5.74, 6) is -0.399. The Morgan fingerprint density at radius 2 is 1.91 bits per heavy atom. The molecule has 0 fully saturated rings. The van der Waals surface area contributed by atoms with Crippen molar-refractivity contribution in [2.45, 2.75) is 33.0 Å². The molecule has 0 aromatic heterocycles. The van der Waals surface area contributed by atoms with Crippen molar-refractivity contribution in [2.24, 2.45) is 0 Å². The van der Waals surface area contributed by atoms with E-state index in [0.29, 0.717) is 16.3 Å². The first-order valence-corrected chi connectivity index (χ1v) is 7.63. The van der Waals surface area contributed by atoms with Gasteiger partial charge in [0, 0.05) is 17.6 Å². The SMILES string of the molecule is CN(C(=O)CNC(=O)OC(C)(C)C)c1ccc(Cl)c(CO)c1Cl. The minimum atomic E-state index is -0.683. The largest absolute Gasteiger partial charge is 0.444 e. The molecule has 8 heteroatoms. The van der Waals surface area contributed by atoms with E-state index >= 15 is 0 Å². The first kappa shape index (κ1) is 19.5. The first-order chi connectivity index (χ1) is 10.6. The molecule has 0 aliphatic carbocycles. The van der Waals surface area contributed by atoms with Crippen LogP contribution in [0.15, 0.2) is 12.1 Å². The molecule has 1 aromatic rings. The van der Waals surface area contributed by atoms with E-state index in [4.69, 9.17) is 27.9 Å². The summed E-state index contributed by atoms with van der Waals surface area (Å²) in [4.78, 5) is 25.0. The lowest BCUT2D eigenvalue weighted by atomic mass is 10.2. The van der Waals surface area contributed by atoms with Gasteiger partial charge in [-0.3, -0.25) is 4.79 Å². The van der Waals surface area contributed by atoms with E-state index in [9.17, 15) is 14.7 Å². The number of aliphatic hydroxyl groups excluding tert-OH is 1. The normalized spacial score (nSPS) is 11.1. The highest BCUT2D eigenvalue weighted by molar-refractivity contribution is 6.38. The molecule has 0 bridgehead atoms. The van der Waals surface area contributed by atoms with Gasteiger partial charge < -0.3 is 20.1 Å². The Morgan fingerprint density at radius 3 is 2.43 bits per heavy atom. The fraction of sp³-hybridized carbons (Fsp3) is 0.467. The lowest BCUT2D eigenvalue weighted by Gasteiger charge is -2.22. The second-order valence-electron chi connectivity index (χ2n) is 5.83. The Hall–Kier alpha value is -1.50. The Morgan fingerprint density at radius 1 is 1.30 bits per heavy atom. The molecule has 0 atom stereocenters. The standard InChI is InChI=1S/C15H20Cl2N2O4/c1-15(2,3)23-14(22)18-7-12(21)19(4)11-6-5-10(16)9(8-20)13(11)17/h5-6,20H,7-8H2,1-4H3,(H,18,22). The second kappa shape index (κ2) is 7.86. The number of likely N-dealkylation sites (N-methyl/N-ethyl adjacent to an activating group) is 1. The lowest BCUT2D eigenvalue weighted by Crippen LogP contribution is -2.40. The van der Waals surface area contributed by atoms with E-state index in [2.05, 4.69) is 5.32 Å². The molecule has 128 valence electrons. The van der Waals surface area contributed by atoms with Gasteiger partial charge in [0.1, 0.15) is 12.1 Å². The monoisotopic (exact) mass is 362 g/mol. The zero-order valence-electron chi connectivity index (χ0n) is 13.4. The van der Waals surface area contributed by atoms with Crippen molar-refractivity contribution in [3.63, 3.8) is 0 Å². The van der Waals surface area contributed by atoms with Gasteiger partial charge in [0.05, 0.1) is 17.3 Å². The molecule has 2 amide bonds. The minimum absolute atomic E-state index is 0.188. The van der Waals surface area contributed by atoms with Crippen LogP contribution < -0.4 is 10.2 Å². The molecule has 2 N–H and O–H groups in total. The molecule has 0 unspecified atom stereocenters. The first-order valence-electron chi connectivity index (χ1n) is 6.88. The molecular weight excluding hydrogens is 343 g/mol. The van der Waals surface area contributed by atoms with Crippen molar-refractivity contribution in [3.8, 4) is 0 Å². The van der Waals surface area contributed by atoms with Crippen molar-refractivity contribution in [2.75, 3.05) is 18.5 Å². The maximum Gasteiger partial charge on any atom is 0.408 e. The van der Waals surface area contributed by atoms with Crippen molar-refractivity contribution in [1.29, 1.82) is 0 Å². The number of carbonyl (C=O) groups excluding carboxylic acids is 2. The fourth-order valence-corrected chi connectivity index (χ4v) is 2.32. The number of halogens is 2. The number of anilines is 1. The van der Waals surface area contributed by atoms with Crippen LogP contribution in [0.4, 0.5) is 10.5 Å². The molecule has 0 aliphatic heterocycles. The summed E-state index contributed by atoms with van der Waals surface area (Å²) in [6.07, 6.45) is -0.683. The van der Waals surface area contributed by atoms with Gasteiger partial charge >= 0.3 is 6.09 Å². The van der Waals surface area contributed by atoms with Crippen LogP contribution in [0.25, 0.3) is 0 Å². The van der Waals surface area contributed by atoms with Crippen LogP contribution in [0.1, 0.15) is 26.3 Å². The van der Waals surface area contributed by atoms with Gasteiger partial charge in [0.25, 0.3) is 0 Å². The smallest absolute Gasteiger partial charge is 0.408 e. The topological polar surface area (TPSA) is 78.9 Å². The third-order valence-electron chi connectivity index (χ3n) is 2.84. The highest BCUT2D eigenvalue weighted by Gasteiger charge is 2.20. The zero-order valence-corrected chi connectivity index (χ0v) is 15.0. The molecule has 0 radical (unpaired) electrons. The van der Waals surface area contributed by atoms with E-state index in [1.807, 2.05) is 0 Å². The number of rotatable bonds is 4. The Labute approximate surface area is 145 Å². The number of nitrogens with one attached hydrogen (secondary N) is 1. The maximum absolute atomic E-state index is 12.2. The summed E-state index contributed by atoms with van der Waals surface area (Å²) >= 11 is 12.1. The van der Waals surface area contributed by atoms with Gasteiger partial charge in [-0.25, -0.2) is 4.79 Å². The van der Waals surface area contributed by atoms with E-state index in [1.165, 1.54) is 11.9 Å². The molecule has 1 aromatic carbocycles. The molecule has 1 rings (SSSR count). The van der Waals surface area contributed by atoms with E-state index in [0.717, 1.165) is 0 Å². The van der Waals surface area contributed by atoms with Gasteiger partial charge in [-0.05, 0) is 32.9 Å². The average molecular weight is 363 g/mol. The number of carbonyl (C=O) groups is 2. The molecular formula is C15H20Cl2N2O4. The number of ether oxygens (including phenoxy) is 1. The minimum Gasteiger partial charge on any atom is -0.444 e. The summed E-state index contributed by atoms with van der Waals surface area (Å²) in [5, 5.41) is 12.2. The van der Waals surface area contributed by atoms with Crippen molar-refractivity contribution in [3.05, 3.63) is 27.7 Å². The number of hydrogen-bond donors (Lipinski definition) is 2. The zero-order chi connectivity index (χ0) is 17.8. The third-order valence-corrected chi connectivity index (χ3v) is 3.62. The number of hydrogen-bond acceptors (Lipinski definition) is 4. The summed E-state index contributed by atoms with van der Waals surface area (Å²) in [6, 6.07) is 3.11. The molecule has 0 saturated carbocycles. The molecule has 23 heavy (non-hydrogen) atoms. The molecule has 6 nitrogen and oxygen atoms in total. The summed E-state index contributed by atoms with van der Waals surface area (Å²) < 4.78 is 5.05. The van der Waals surface area contributed by atoms with Gasteiger partial charge in [0.15, 0.2) is 0 Å². The number of benzene rings is 1. The lowest BCUT2D eigenvalue weighted by molar-refractivity contribution is -0.117.